The molecule has 5 aliphatic rings. The van der Waals surface area contributed by atoms with Gasteiger partial charge in [0.15, 0.2) is 0 Å². The second kappa shape index (κ2) is 3.45. The summed E-state index contributed by atoms with van der Waals surface area (Å²) in [5, 5.41) is 9.78. The first-order valence-corrected chi connectivity index (χ1v) is 7.94. The van der Waals surface area contributed by atoms with E-state index in [4.69, 9.17) is 4.74 Å². The number of halogens is 1. The van der Waals surface area contributed by atoms with E-state index in [-0.39, 0.29) is 5.91 Å². The minimum absolute atomic E-state index is 0.164. The predicted octanol–water partition coefficient (Wildman–Crippen LogP) is 0.777. The molecule has 0 aromatic rings. The van der Waals surface area contributed by atoms with E-state index in [0.717, 1.165) is 6.42 Å². The molecule has 114 valence electrons. The monoisotopic (exact) mass is 357 g/mol. The smallest absolute Gasteiger partial charge is 0.311 e. The van der Waals surface area contributed by atoms with Crippen molar-refractivity contribution in [2.45, 2.75) is 41.7 Å². The zero-order valence-corrected chi connectivity index (χ0v) is 13.3. The molecule has 5 fully saturated rings. The maximum Gasteiger partial charge on any atom is 0.311 e. The first kappa shape index (κ1) is 13.5. The van der Waals surface area contributed by atoms with Crippen molar-refractivity contribution in [3.05, 3.63) is 0 Å². The lowest BCUT2D eigenvalue weighted by Crippen LogP contribution is -2.83. The summed E-state index contributed by atoms with van der Waals surface area (Å²) in [5.41, 5.74) is -1.85. The number of carboxylic acids is 1. The van der Waals surface area contributed by atoms with Gasteiger partial charge in [-0.2, -0.15) is 0 Å². The van der Waals surface area contributed by atoms with Gasteiger partial charge in [-0.1, -0.05) is 15.9 Å². The molecule has 0 radical (unpaired) electrons. The van der Waals surface area contributed by atoms with Crippen molar-refractivity contribution < 1.29 is 24.2 Å². The highest BCUT2D eigenvalue weighted by Crippen LogP contribution is 2.72. The highest BCUT2D eigenvalue weighted by atomic mass is 79.9. The molecule has 21 heavy (non-hydrogen) atoms. The average molecular weight is 358 g/mol. The van der Waals surface area contributed by atoms with Gasteiger partial charge in [0.2, 0.25) is 5.91 Å². The van der Waals surface area contributed by atoms with E-state index < -0.39 is 45.2 Å². The summed E-state index contributed by atoms with van der Waals surface area (Å²) in [6, 6.07) is 0. The lowest BCUT2D eigenvalue weighted by Gasteiger charge is -2.65. The molecular weight excluding hydrogens is 342 g/mol. The van der Waals surface area contributed by atoms with E-state index in [2.05, 4.69) is 15.9 Å². The summed E-state index contributed by atoms with van der Waals surface area (Å²) >= 11 is 3.75. The van der Waals surface area contributed by atoms with Crippen LogP contribution in [0.5, 0.6) is 0 Å². The van der Waals surface area contributed by atoms with Gasteiger partial charge in [-0.05, 0) is 26.2 Å². The van der Waals surface area contributed by atoms with Crippen LogP contribution >= 0.6 is 15.9 Å². The van der Waals surface area contributed by atoms with Crippen molar-refractivity contribution in [1.82, 2.24) is 4.90 Å². The van der Waals surface area contributed by atoms with E-state index in [1.165, 1.54) is 0 Å². The molecule has 6 nitrogen and oxygen atoms in total. The Balaban J connectivity index is 2.07. The van der Waals surface area contributed by atoms with Crippen LogP contribution in [0.15, 0.2) is 0 Å². The number of nitrogens with zero attached hydrogens (tertiary/aromatic N) is 1. The Bertz CT molecular complexity index is 608. The highest BCUT2D eigenvalue weighted by molar-refractivity contribution is 9.10. The maximum atomic E-state index is 12.7. The van der Waals surface area contributed by atoms with Crippen LogP contribution in [-0.2, 0) is 19.1 Å². The van der Waals surface area contributed by atoms with Crippen LogP contribution < -0.4 is 0 Å². The van der Waals surface area contributed by atoms with Gasteiger partial charge < -0.3 is 14.7 Å². The third kappa shape index (κ3) is 1.04. The molecule has 7 heteroatoms. The van der Waals surface area contributed by atoms with Crippen LogP contribution in [0.25, 0.3) is 0 Å². The zero-order valence-electron chi connectivity index (χ0n) is 11.8. The average Bonchev–Trinajstić information content (AvgIpc) is 2.86. The highest BCUT2D eigenvalue weighted by Gasteiger charge is 2.86. The van der Waals surface area contributed by atoms with Crippen LogP contribution in [0, 0.1) is 17.8 Å². The number of hydrogen-bond donors (Lipinski definition) is 1. The van der Waals surface area contributed by atoms with Crippen LogP contribution in [0.4, 0.5) is 0 Å². The number of hydrogen-bond acceptors (Lipinski definition) is 4. The van der Waals surface area contributed by atoms with E-state index >= 15 is 0 Å². The van der Waals surface area contributed by atoms with E-state index in [9.17, 15) is 19.5 Å². The second-order valence-electron chi connectivity index (χ2n) is 6.82. The van der Waals surface area contributed by atoms with Crippen LogP contribution in [0.1, 0.15) is 26.2 Å². The number of esters is 1. The molecular formula is C14H16BrNO5. The number of fused-ring (bicyclic) bond motifs is 1. The lowest BCUT2D eigenvalue weighted by atomic mass is 9.50. The van der Waals surface area contributed by atoms with Gasteiger partial charge in [-0.3, -0.25) is 14.4 Å². The quantitative estimate of drug-likeness (QED) is 0.553. The number of carbonyl (C=O) groups excluding carboxylic acids is 2. The predicted molar refractivity (Wildman–Crippen MR) is 73.6 cm³/mol. The normalized spacial score (nSPS) is 53.9. The largest absolute Gasteiger partial charge is 0.481 e. The van der Waals surface area contributed by atoms with Crippen molar-refractivity contribution in [1.29, 1.82) is 0 Å². The standard InChI is InChI=1S/C14H16BrNO5/c1-12-7-6(11(20)21-12)8(10(18)19)13(16(2)9(7)17)4-3-5-14(12,13)15/h6-8H,3-5H2,1-2H3,(H,18,19)/t6-,7-,8-,12-,13+,14+/m1/s1. The van der Waals surface area contributed by atoms with Crippen LogP contribution in [0.3, 0.4) is 0 Å². The number of carboxylic acid groups (broad SMARTS) is 1. The SMILES string of the molecule is CN1C(=O)[C@H]2[C@H]3C(=O)O[C@@]2(C)[C@@]2(Br)CCC[C@@]12[C@H]3C(=O)O. The first-order valence-electron chi connectivity index (χ1n) is 7.14. The number of carbonyl (C=O) groups is 3. The molecule has 3 saturated heterocycles. The molecule has 1 amide bonds. The number of alkyl halides is 1. The van der Waals surface area contributed by atoms with Crippen molar-refractivity contribution in [2.24, 2.45) is 17.8 Å². The number of ether oxygens (including phenoxy) is 1. The fourth-order valence-electron chi connectivity index (χ4n) is 5.66. The molecule has 1 N–H and O–H groups in total. The van der Waals surface area contributed by atoms with Crippen molar-refractivity contribution in [2.75, 3.05) is 7.05 Å². The molecule has 6 atom stereocenters. The molecule has 4 bridgehead atoms. The summed E-state index contributed by atoms with van der Waals surface area (Å²) in [7, 11) is 1.66. The van der Waals surface area contributed by atoms with Crippen molar-refractivity contribution in [3.63, 3.8) is 0 Å². The molecule has 3 aliphatic heterocycles. The fourth-order valence-corrected chi connectivity index (χ4v) is 6.98. The summed E-state index contributed by atoms with van der Waals surface area (Å²) in [5.74, 6) is -4.20. The van der Waals surface area contributed by atoms with E-state index in [0.29, 0.717) is 12.8 Å². The van der Waals surface area contributed by atoms with Gasteiger partial charge in [-0.25, -0.2) is 0 Å². The molecule has 0 aromatic carbocycles. The number of aliphatic carboxylic acids is 1. The summed E-state index contributed by atoms with van der Waals surface area (Å²) in [6.45, 7) is 1.79. The van der Waals surface area contributed by atoms with Gasteiger partial charge in [0.1, 0.15) is 5.60 Å². The third-order valence-corrected chi connectivity index (χ3v) is 8.29. The molecule has 1 spiro atoms. The van der Waals surface area contributed by atoms with Gasteiger partial charge in [-0.15, -0.1) is 0 Å². The van der Waals surface area contributed by atoms with Crippen molar-refractivity contribution >= 4 is 33.8 Å². The Hall–Kier alpha value is -1.11. The Kier molecular flexibility index (Phi) is 2.22. The Morgan fingerprint density at radius 1 is 1.43 bits per heavy atom. The minimum atomic E-state index is -1.02. The topological polar surface area (TPSA) is 83.9 Å². The Labute approximate surface area is 129 Å². The van der Waals surface area contributed by atoms with E-state index in [1.54, 1.807) is 18.9 Å². The Morgan fingerprint density at radius 2 is 2.10 bits per heavy atom. The minimum Gasteiger partial charge on any atom is -0.481 e. The van der Waals surface area contributed by atoms with Gasteiger partial charge in [0, 0.05) is 7.05 Å². The number of amides is 1. The van der Waals surface area contributed by atoms with Crippen molar-refractivity contribution in [3.8, 4) is 0 Å². The Morgan fingerprint density at radius 3 is 2.71 bits per heavy atom. The first-order chi connectivity index (χ1) is 9.72. The van der Waals surface area contributed by atoms with E-state index in [1.807, 2.05) is 0 Å². The summed E-state index contributed by atoms with van der Waals surface area (Å²) in [6.07, 6.45) is 2.08. The molecule has 3 heterocycles. The molecule has 2 saturated carbocycles. The van der Waals surface area contributed by atoms with Gasteiger partial charge in [0.05, 0.1) is 27.6 Å². The summed E-state index contributed by atoms with van der Waals surface area (Å²) < 4.78 is 4.93. The maximum absolute atomic E-state index is 12.7. The van der Waals surface area contributed by atoms with Gasteiger partial charge in [0.25, 0.3) is 0 Å². The molecule has 0 unspecified atom stereocenters. The summed E-state index contributed by atoms with van der Waals surface area (Å²) in [4.78, 5) is 38.6. The fraction of sp³-hybridized carbons (Fsp3) is 0.786. The molecule has 5 rings (SSSR count). The van der Waals surface area contributed by atoms with Crippen LogP contribution in [-0.4, -0.2) is 50.4 Å². The third-order valence-electron chi connectivity index (χ3n) is 6.42. The number of rotatable bonds is 1. The molecule has 0 aromatic heterocycles. The lowest BCUT2D eigenvalue weighted by molar-refractivity contribution is -0.197. The second-order valence-corrected chi connectivity index (χ2v) is 8.18. The van der Waals surface area contributed by atoms with Crippen LogP contribution in [0.2, 0.25) is 0 Å². The number of piperidine rings is 2. The van der Waals surface area contributed by atoms with Gasteiger partial charge >= 0.3 is 11.9 Å². The zero-order chi connectivity index (χ0) is 15.4. The molecule has 2 aliphatic carbocycles.